The van der Waals surface area contributed by atoms with Gasteiger partial charge in [0.1, 0.15) is 18.4 Å². The quantitative estimate of drug-likeness (QED) is 0.289. The molecule has 0 aliphatic carbocycles. The van der Waals surface area contributed by atoms with Gasteiger partial charge in [-0.3, -0.25) is 4.79 Å². The molecule has 4 N–H and O–H groups in total. The number of amides is 1. The Morgan fingerprint density at radius 3 is 2.71 bits per heavy atom. The first kappa shape index (κ1) is 23.6. The minimum absolute atomic E-state index is 0.0389. The van der Waals surface area contributed by atoms with Crippen molar-refractivity contribution < 1.29 is 19.4 Å². The predicted octanol–water partition coefficient (Wildman–Crippen LogP) is 3.69. The van der Waals surface area contributed by atoms with Crippen molar-refractivity contribution in [2.75, 3.05) is 7.11 Å². The Morgan fingerprint density at radius 2 is 1.94 bits per heavy atom. The van der Waals surface area contributed by atoms with Gasteiger partial charge >= 0.3 is 0 Å². The molecule has 3 aromatic rings. The number of ether oxygens (including phenoxy) is 2. The second-order valence-corrected chi connectivity index (χ2v) is 8.12. The van der Waals surface area contributed by atoms with Gasteiger partial charge in [-0.2, -0.15) is 5.10 Å². The number of aromatic hydroxyl groups is 1. The molecule has 0 aromatic heterocycles. The summed E-state index contributed by atoms with van der Waals surface area (Å²) in [5.41, 5.74) is 11.0. The molecule has 9 heteroatoms. The SMILES string of the molecule is COc1cccc(/C=N/NC(=O)C2CC(c3ccc(OCc4ccccc4Cl)cc3)NN2)c1O. The highest BCUT2D eigenvalue weighted by Gasteiger charge is 2.30. The summed E-state index contributed by atoms with van der Waals surface area (Å²) in [5.74, 6) is 0.746. The maximum Gasteiger partial charge on any atom is 0.258 e. The van der Waals surface area contributed by atoms with Crippen LogP contribution in [0.1, 0.15) is 29.2 Å². The van der Waals surface area contributed by atoms with Crippen molar-refractivity contribution in [2.45, 2.75) is 25.1 Å². The van der Waals surface area contributed by atoms with Crippen molar-refractivity contribution in [3.8, 4) is 17.2 Å². The van der Waals surface area contributed by atoms with Crippen molar-refractivity contribution in [3.63, 3.8) is 0 Å². The molecular weight excluding hydrogens is 456 g/mol. The number of hydrazone groups is 1. The molecule has 4 rings (SSSR count). The van der Waals surface area contributed by atoms with E-state index in [-0.39, 0.29) is 17.7 Å². The number of nitrogens with zero attached hydrogens (tertiary/aromatic N) is 1. The smallest absolute Gasteiger partial charge is 0.258 e. The topological polar surface area (TPSA) is 104 Å². The van der Waals surface area contributed by atoms with Crippen LogP contribution in [0.5, 0.6) is 17.2 Å². The van der Waals surface area contributed by atoms with Crippen LogP contribution < -0.4 is 25.8 Å². The van der Waals surface area contributed by atoms with Crippen LogP contribution in [0.25, 0.3) is 0 Å². The number of benzene rings is 3. The number of hydrogen-bond donors (Lipinski definition) is 4. The molecule has 1 aliphatic heterocycles. The van der Waals surface area contributed by atoms with E-state index < -0.39 is 6.04 Å². The van der Waals surface area contributed by atoms with Crippen LogP contribution >= 0.6 is 11.6 Å². The third kappa shape index (κ3) is 5.66. The number of nitrogens with one attached hydrogen (secondary N) is 3. The second kappa shape index (κ2) is 11.0. The molecule has 1 aliphatic rings. The molecule has 0 bridgehead atoms. The van der Waals surface area contributed by atoms with E-state index in [0.29, 0.717) is 29.4 Å². The highest BCUT2D eigenvalue weighted by atomic mass is 35.5. The third-order valence-corrected chi connectivity index (χ3v) is 5.85. The maximum absolute atomic E-state index is 12.5. The van der Waals surface area contributed by atoms with Crippen LogP contribution in [0, 0.1) is 0 Å². The zero-order chi connectivity index (χ0) is 23.9. The minimum atomic E-state index is -0.461. The molecule has 1 saturated heterocycles. The minimum Gasteiger partial charge on any atom is -0.504 e. The Labute approximate surface area is 202 Å². The van der Waals surface area contributed by atoms with Crippen molar-refractivity contribution in [1.82, 2.24) is 16.3 Å². The fraction of sp³-hybridized carbons (Fsp3) is 0.200. The lowest BCUT2D eigenvalue weighted by molar-refractivity contribution is -0.122. The summed E-state index contributed by atoms with van der Waals surface area (Å²) < 4.78 is 10.9. The fourth-order valence-electron chi connectivity index (χ4n) is 3.57. The molecule has 2 unspecified atom stereocenters. The number of carbonyl (C=O) groups is 1. The molecule has 34 heavy (non-hydrogen) atoms. The number of para-hydroxylation sites is 1. The highest BCUT2D eigenvalue weighted by Crippen LogP contribution is 2.28. The molecule has 1 amide bonds. The van der Waals surface area contributed by atoms with Crippen molar-refractivity contribution in [2.24, 2.45) is 5.10 Å². The van der Waals surface area contributed by atoms with E-state index in [2.05, 4.69) is 21.4 Å². The van der Waals surface area contributed by atoms with Gasteiger partial charge in [0, 0.05) is 22.2 Å². The summed E-state index contributed by atoms with van der Waals surface area (Å²) in [6, 6.07) is 19.8. The second-order valence-electron chi connectivity index (χ2n) is 7.71. The first-order valence-electron chi connectivity index (χ1n) is 10.7. The molecule has 1 fully saturated rings. The first-order valence-corrected chi connectivity index (χ1v) is 11.1. The summed E-state index contributed by atoms with van der Waals surface area (Å²) in [6.07, 6.45) is 1.92. The summed E-state index contributed by atoms with van der Waals surface area (Å²) in [7, 11) is 1.47. The van der Waals surface area contributed by atoms with E-state index >= 15 is 0 Å². The van der Waals surface area contributed by atoms with E-state index in [4.69, 9.17) is 21.1 Å². The van der Waals surface area contributed by atoms with Gasteiger partial charge in [-0.15, -0.1) is 0 Å². The normalized spacial score (nSPS) is 17.6. The van der Waals surface area contributed by atoms with Gasteiger partial charge in [0.15, 0.2) is 11.5 Å². The van der Waals surface area contributed by atoms with Gasteiger partial charge in [0.2, 0.25) is 0 Å². The number of methoxy groups -OCH3 is 1. The molecule has 2 atom stereocenters. The molecule has 176 valence electrons. The van der Waals surface area contributed by atoms with Gasteiger partial charge < -0.3 is 14.6 Å². The van der Waals surface area contributed by atoms with E-state index in [1.807, 2.05) is 48.5 Å². The van der Waals surface area contributed by atoms with Crippen molar-refractivity contribution in [1.29, 1.82) is 0 Å². The number of hydrazine groups is 1. The molecule has 0 saturated carbocycles. The Morgan fingerprint density at radius 1 is 1.15 bits per heavy atom. The number of rotatable bonds is 8. The lowest BCUT2D eigenvalue weighted by Gasteiger charge is -2.12. The van der Waals surface area contributed by atoms with Crippen molar-refractivity contribution >= 4 is 23.7 Å². The van der Waals surface area contributed by atoms with Gasteiger partial charge in [0.05, 0.1) is 13.3 Å². The third-order valence-electron chi connectivity index (χ3n) is 5.48. The predicted molar refractivity (Wildman–Crippen MR) is 130 cm³/mol. The Balaban J connectivity index is 1.28. The Bertz CT molecular complexity index is 1170. The summed E-state index contributed by atoms with van der Waals surface area (Å²) in [4.78, 5) is 12.5. The largest absolute Gasteiger partial charge is 0.504 e. The zero-order valence-electron chi connectivity index (χ0n) is 18.5. The van der Waals surface area contributed by atoms with Crippen LogP contribution in [-0.2, 0) is 11.4 Å². The van der Waals surface area contributed by atoms with E-state index in [9.17, 15) is 9.90 Å². The first-order chi connectivity index (χ1) is 16.5. The standard InChI is InChI=1S/C25H25ClN4O4/c1-33-23-8-4-6-17(24(23)31)14-27-30-25(32)22-13-21(28-29-22)16-9-11-19(12-10-16)34-15-18-5-2-3-7-20(18)26/h2-12,14,21-22,28-29,31H,13,15H2,1H3,(H,30,32)/b27-14+. The Kier molecular flexibility index (Phi) is 7.64. The van der Waals surface area contributed by atoms with Crippen LogP contribution in [0.2, 0.25) is 5.02 Å². The number of carbonyl (C=O) groups excluding carboxylic acids is 1. The molecule has 0 spiro atoms. The maximum atomic E-state index is 12.5. The summed E-state index contributed by atoms with van der Waals surface area (Å²) >= 11 is 6.17. The van der Waals surface area contributed by atoms with Crippen LogP contribution in [0.15, 0.2) is 71.8 Å². The number of phenols is 1. The van der Waals surface area contributed by atoms with Crippen LogP contribution in [-0.4, -0.2) is 30.4 Å². The van der Waals surface area contributed by atoms with Crippen LogP contribution in [0.3, 0.4) is 0 Å². The monoisotopic (exact) mass is 480 g/mol. The van der Waals surface area contributed by atoms with E-state index in [0.717, 1.165) is 16.9 Å². The average Bonchev–Trinajstić information content (AvgIpc) is 3.35. The molecule has 8 nitrogen and oxygen atoms in total. The molecule has 3 aromatic carbocycles. The van der Waals surface area contributed by atoms with Gasteiger partial charge in [-0.1, -0.05) is 48.0 Å². The average molecular weight is 481 g/mol. The van der Waals surface area contributed by atoms with Gasteiger partial charge in [-0.25, -0.2) is 16.3 Å². The zero-order valence-corrected chi connectivity index (χ0v) is 19.3. The fourth-order valence-corrected chi connectivity index (χ4v) is 3.76. The number of phenolic OH excluding ortho intramolecular Hbond substituents is 1. The molecule has 0 radical (unpaired) electrons. The van der Waals surface area contributed by atoms with Crippen molar-refractivity contribution in [3.05, 3.63) is 88.4 Å². The number of hydrogen-bond acceptors (Lipinski definition) is 7. The van der Waals surface area contributed by atoms with Gasteiger partial charge in [0.25, 0.3) is 5.91 Å². The molecular formula is C25H25ClN4O4. The highest BCUT2D eigenvalue weighted by molar-refractivity contribution is 6.31. The van der Waals surface area contributed by atoms with E-state index in [1.165, 1.54) is 13.3 Å². The summed E-state index contributed by atoms with van der Waals surface area (Å²) in [6.45, 7) is 0.387. The molecule has 1 heterocycles. The lowest BCUT2D eigenvalue weighted by atomic mass is 10.0. The summed E-state index contributed by atoms with van der Waals surface area (Å²) in [5, 5.41) is 14.7. The lowest BCUT2D eigenvalue weighted by Crippen LogP contribution is -2.41. The number of halogens is 1. The van der Waals surface area contributed by atoms with Gasteiger partial charge in [-0.05, 0) is 42.3 Å². The van der Waals surface area contributed by atoms with E-state index in [1.54, 1.807) is 18.2 Å². The van der Waals surface area contributed by atoms with Crippen LogP contribution in [0.4, 0.5) is 0 Å². The Hall–Kier alpha value is -3.59.